The van der Waals surface area contributed by atoms with Crippen LogP contribution in [0.25, 0.3) is 0 Å². The van der Waals surface area contributed by atoms with Crippen LogP contribution in [0.5, 0.6) is 0 Å². The number of aliphatic hydroxyl groups is 7. The number of hydrogen-bond acceptors (Lipinski definition) is 18. The van der Waals surface area contributed by atoms with Gasteiger partial charge in [0.25, 0.3) is 7.82 Å². The smallest absolute Gasteiger partial charge is 0.306 e. The van der Waals surface area contributed by atoms with Crippen LogP contribution < -0.4 is 10.6 Å². The highest BCUT2D eigenvalue weighted by Crippen LogP contribution is 2.44. The number of esters is 2. The van der Waals surface area contributed by atoms with Gasteiger partial charge in [-0.15, -0.1) is 0 Å². The molecule has 0 radical (unpaired) electrons. The van der Waals surface area contributed by atoms with E-state index >= 15 is 0 Å². The van der Waals surface area contributed by atoms with Crippen LogP contribution in [0.15, 0.2) is 0 Å². The zero-order chi connectivity index (χ0) is 53.0. The van der Waals surface area contributed by atoms with Gasteiger partial charge in [0.2, 0.25) is 0 Å². The molecule has 0 aromatic heterocycles. The predicted octanol–water partition coefficient (Wildman–Crippen LogP) is 7.22. The fraction of sp³-hybridized carbons (Fsp3) is 0.962. The summed E-state index contributed by atoms with van der Waals surface area (Å²) in [6.07, 6.45) is 17.2. The van der Waals surface area contributed by atoms with E-state index in [1.807, 2.05) is 0 Å². The minimum absolute atomic E-state index is 0.0351. The van der Waals surface area contributed by atoms with Crippen LogP contribution in [-0.2, 0) is 42.1 Å². The fourth-order valence-electron chi connectivity index (χ4n) is 9.45. The maximum Gasteiger partial charge on any atom is 0.306 e. The first kappa shape index (κ1) is 66.8. The van der Waals surface area contributed by atoms with Crippen molar-refractivity contribution in [3.8, 4) is 0 Å². The summed E-state index contributed by atoms with van der Waals surface area (Å²) in [6.45, 7) is 2.27. The van der Waals surface area contributed by atoms with Crippen molar-refractivity contribution in [1.82, 2.24) is 0 Å². The second-order valence-corrected chi connectivity index (χ2v) is 21.9. The summed E-state index contributed by atoms with van der Waals surface area (Å²) in [5.41, 5.74) is 5.96. The Balaban J connectivity index is 1.89. The van der Waals surface area contributed by atoms with Gasteiger partial charge in [-0.25, -0.2) is 0 Å². The van der Waals surface area contributed by atoms with Crippen molar-refractivity contribution in [3.05, 3.63) is 0 Å². The van der Waals surface area contributed by atoms with E-state index in [-0.39, 0.29) is 12.8 Å². The molecule has 13 atom stereocenters. The quantitative estimate of drug-likeness (QED) is 0.0170. The lowest BCUT2D eigenvalue weighted by Gasteiger charge is -2.48. The number of ether oxygens (including phenoxy) is 4. The van der Waals surface area contributed by atoms with E-state index in [9.17, 15) is 54.8 Å². The Kier molecular flexibility index (Phi) is 37.9. The van der Waals surface area contributed by atoms with Crippen LogP contribution in [-0.4, -0.2) is 141 Å². The first-order valence-corrected chi connectivity index (χ1v) is 29.9. The SMILES string of the molecule is CCCCCCCCCCCCCCCCCCCC(=O)O[C@H](COC(=O)CCCCCCCCCCCCCCCCC)COP(=O)([O-])O[C@@H]1[C@H](O)[C@H](O)[C@@H](O)[C@H](O)[C@H]1O[C@H]1O[C@H](CO)[C@@H](O)[C@H](O)[C@H]1N. The van der Waals surface area contributed by atoms with Crippen molar-refractivity contribution in [2.24, 2.45) is 5.73 Å². The van der Waals surface area contributed by atoms with Crippen molar-refractivity contribution < 1.29 is 82.8 Å². The van der Waals surface area contributed by atoms with Gasteiger partial charge in [-0.1, -0.05) is 206 Å². The number of phosphoric ester groups is 1. The van der Waals surface area contributed by atoms with Gasteiger partial charge < -0.3 is 74.4 Å². The Morgan fingerprint density at radius 1 is 0.528 bits per heavy atom. The van der Waals surface area contributed by atoms with E-state index < -0.39 is 113 Å². The molecule has 1 saturated carbocycles. The van der Waals surface area contributed by atoms with Crippen LogP contribution in [0.2, 0.25) is 0 Å². The molecule has 0 bridgehead atoms. The number of nitrogens with two attached hydrogens (primary N) is 1. The molecule has 426 valence electrons. The molecule has 1 aliphatic heterocycles. The number of hydrogen-bond donors (Lipinski definition) is 8. The van der Waals surface area contributed by atoms with Crippen LogP contribution in [0.3, 0.4) is 0 Å². The van der Waals surface area contributed by atoms with Gasteiger partial charge in [-0.05, 0) is 12.8 Å². The topological polar surface area (TPSA) is 297 Å². The molecule has 2 aliphatic rings. The molecule has 0 spiro atoms. The number of phosphoric acid groups is 1. The van der Waals surface area contributed by atoms with E-state index in [1.165, 1.54) is 141 Å². The molecule has 2 rings (SSSR count). The lowest BCUT2D eigenvalue weighted by atomic mass is 9.84. The lowest BCUT2D eigenvalue weighted by Crippen LogP contribution is -2.68. The molecule has 18 nitrogen and oxygen atoms in total. The third-order valence-electron chi connectivity index (χ3n) is 14.1. The normalized spacial score (nSPS) is 26.8. The van der Waals surface area contributed by atoms with Gasteiger partial charge >= 0.3 is 11.9 Å². The number of unbranched alkanes of at least 4 members (excludes halogenated alkanes) is 30. The van der Waals surface area contributed by atoms with Crippen molar-refractivity contribution >= 4 is 19.8 Å². The Hall–Kier alpha value is -1.35. The van der Waals surface area contributed by atoms with Gasteiger partial charge in [0, 0.05) is 12.8 Å². The van der Waals surface area contributed by atoms with E-state index in [0.717, 1.165) is 51.4 Å². The average Bonchev–Trinajstić information content (AvgIpc) is 3.36. The van der Waals surface area contributed by atoms with Gasteiger partial charge in [0.15, 0.2) is 12.4 Å². The first-order chi connectivity index (χ1) is 34.7. The number of carbonyl (C=O) groups is 2. The highest BCUT2D eigenvalue weighted by atomic mass is 31.2. The van der Waals surface area contributed by atoms with Crippen molar-refractivity contribution in [1.29, 1.82) is 0 Å². The monoisotopic (exact) mass is 1050 g/mol. The van der Waals surface area contributed by atoms with Crippen molar-refractivity contribution in [3.63, 3.8) is 0 Å². The molecule has 1 aliphatic carbocycles. The van der Waals surface area contributed by atoms with E-state index in [2.05, 4.69) is 13.8 Å². The predicted molar refractivity (Wildman–Crippen MR) is 272 cm³/mol. The summed E-state index contributed by atoms with van der Waals surface area (Å²) in [7, 11) is -5.59. The molecule has 1 heterocycles. The zero-order valence-corrected chi connectivity index (χ0v) is 45.2. The van der Waals surface area contributed by atoms with Gasteiger partial charge in [0.05, 0.1) is 19.3 Å². The Morgan fingerprint density at radius 3 is 1.31 bits per heavy atom. The molecule has 0 aromatic carbocycles. The maximum atomic E-state index is 13.4. The van der Waals surface area contributed by atoms with E-state index in [1.54, 1.807) is 0 Å². The van der Waals surface area contributed by atoms with Gasteiger partial charge in [-0.2, -0.15) is 0 Å². The Morgan fingerprint density at radius 2 is 0.903 bits per heavy atom. The first-order valence-electron chi connectivity index (χ1n) is 28.4. The molecule has 0 aromatic rings. The molecule has 1 saturated heterocycles. The zero-order valence-electron chi connectivity index (χ0n) is 44.3. The minimum atomic E-state index is -5.59. The Bertz CT molecular complexity index is 1400. The lowest BCUT2D eigenvalue weighted by molar-refractivity contribution is -0.321. The van der Waals surface area contributed by atoms with Crippen molar-refractivity contribution in [2.45, 2.75) is 306 Å². The standard InChI is InChI=1S/C53H102NO17P/c1-3-5-7-9-11-13-15-17-19-20-22-24-26-28-30-32-34-36-43(57)68-40(38-66-42(56)35-33-31-29-27-25-23-21-18-16-14-12-10-8-6-4-2)39-67-72(64,65)71-52-50(63)48(61)47(60)49(62)51(52)70-53-44(54)46(59)45(58)41(37-55)69-53/h40-41,44-53,55,58-63H,3-39,54H2,1-2H3,(H,64,65)/p-1/t40-,41-,44-,45-,46-,47-,48-,49+,50-,51-,52-,53-/m1/s1. The average molecular weight is 1060 g/mol. The minimum Gasteiger partial charge on any atom is -0.756 e. The summed E-state index contributed by atoms with van der Waals surface area (Å²) < 4.78 is 45.6. The summed E-state index contributed by atoms with van der Waals surface area (Å²) in [4.78, 5) is 39.2. The van der Waals surface area contributed by atoms with Crippen molar-refractivity contribution in [2.75, 3.05) is 19.8 Å². The summed E-state index contributed by atoms with van der Waals surface area (Å²) >= 11 is 0. The van der Waals surface area contributed by atoms with E-state index in [4.69, 9.17) is 33.7 Å². The van der Waals surface area contributed by atoms with Crippen LogP contribution in [0.4, 0.5) is 0 Å². The molecule has 9 N–H and O–H groups in total. The maximum absolute atomic E-state index is 13.4. The summed E-state index contributed by atoms with van der Waals surface area (Å²) in [6, 6.07) is -1.53. The van der Waals surface area contributed by atoms with Gasteiger partial charge in [0.1, 0.15) is 61.5 Å². The molecule has 2 fully saturated rings. The second-order valence-electron chi connectivity index (χ2n) is 20.6. The third kappa shape index (κ3) is 28.7. The third-order valence-corrected chi connectivity index (χ3v) is 15.1. The number of rotatable bonds is 45. The largest absolute Gasteiger partial charge is 0.756 e. The van der Waals surface area contributed by atoms with Crippen LogP contribution in [0.1, 0.15) is 232 Å². The highest BCUT2D eigenvalue weighted by Gasteiger charge is 2.54. The second kappa shape index (κ2) is 40.8. The molecular weight excluding hydrogens is 954 g/mol. The van der Waals surface area contributed by atoms with Gasteiger partial charge in [-0.3, -0.25) is 14.2 Å². The Labute approximate surface area is 432 Å². The summed E-state index contributed by atoms with van der Waals surface area (Å²) in [5, 5.41) is 72.9. The molecule has 1 unspecified atom stereocenters. The summed E-state index contributed by atoms with van der Waals surface area (Å²) in [5.74, 6) is -1.21. The molecular formula is C53H101NO17P-. The molecule has 72 heavy (non-hydrogen) atoms. The molecule has 0 amide bonds. The fourth-order valence-corrected chi connectivity index (χ4v) is 10.4. The number of aliphatic hydroxyl groups excluding tert-OH is 7. The number of carbonyl (C=O) groups excluding carboxylic acids is 2. The highest BCUT2D eigenvalue weighted by molar-refractivity contribution is 7.45. The van der Waals surface area contributed by atoms with E-state index in [0.29, 0.717) is 12.8 Å². The molecule has 19 heteroatoms. The van der Waals surface area contributed by atoms with Crippen LogP contribution in [0, 0.1) is 0 Å². The van der Waals surface area contributed by atoms with Crippen LogP contribution >= 0.6 is 7.82 Å².